The molecule has 5 nitrogen and oxygen atoms in total. The van der Waals surface area contributed by atoms with Crippen LogP contribution in [0.5, 0.6) is 0 Å². The largest absolute Gasteiger partial charge is 0.356 e. The number of thioether (sulfide) groups is 1. The van der Waals surface area contributed by atoms with Gasteiger partial charge in [-0.05, 0) is 12.1 Å². The highest BCUT2D eigenvalue weighted by atomic mass is 35.5. The molecule has 2 heterocycles. The van der Waals surface area contributed by atoms with Crippen molar-refractivity contribution in [3.63, 3.8) is 0 Å². The number of aromatic nitrogens is 4. The molecule has 26 heavy (non-hydrogen) atoms. The molecule has 7 heteroatoms. The number of hydrogen-bond acceptors (Lipinski definition) is 5. The van der Waals surface area contributed by atoms with Crippen molar-refractivity contribution in [3.8, 4) is 22.7 Å². The minimum atomic E-state index is 0.644. The quantitative estimate of drug-likeness (QED) is 0.450. The van der Waals surface area contributed by atoms with Crippen molar-refractivity contribution >= 4 is 23.4 Å². The Labute approximate surface area is 160 Å². The molecule has 0 spiro atoms. The summed E-state index contributed by atoms with van der Waals surface area (Å²) in [5, 5.41) is 14.1. The summed E-state index contributed by atoms with van der Waals surface area (Å²) in [4.78, 5) is 0. The summed E-state index contributed by atoms with van der Waals surface area (Å²) in [5.41, 5.74) is 2.73. The summed E-state index contributed by atoms with van der Waals surface area (Å²) in [6, 6.07) is 19.5. The second-order valence-electron chi connectivity index (χ2n) is 5.68. The van der Waals surface area contributed by atoms with Gasteiger partial charge in [-0.2, -0.15) is 0 Å². The van der Waals surface area contributed by atoms with E-state index in [0.717, 1.165) is 33.6 Å². The van der Waals surface area contributed by atoms with E-state index >= 15 is 0 Å². The van der Waals surface area contributed by atoms with Gasteiger partial charge in [0.05, 0.1) is 10.7 Å². The van der Waals surface area contributed by atoms with Crippen LogP contribution in [0.2, 0.25) is 5.02 Å². The van der Waals surface area contributed by atoms with Gasteiger partial charge in [0, 0.05) is 30.0 Å². The number of halogens is 1. The first kappa shape index (κ1) is 16.9. The number of benzene rings is 2. The lowest BCUT2D eigenvalue weighted by molar-refractivity contribution is 0.426. The average Bonchev–Trinajstić information content (AvgIpc) is 3.28. The highest BCUT2D eigenvalue weighted by Crippen LogP contribution is 2.30. The van der Waals surface area contributed by atoms with Gasteiger partial charge in [0.1, 0.15) is 0 Å². The lowest BCUT2D eigenvalue weighted by Gasteiger charge is -2.04. The van der Waals surface area contributed by atoms with Gasteiger partial charge in [-0.1, -0.05) is 71.0 Å². The van der Waals surface area contributed by atoms with Crippen LogP contribution in [-0.2, 0) is 12.8 Å². The standard InChI is InChI=1S/C19H15ClN4OS/c1-24-18(15-9-5-6-10-16(15)20)21-22-19(24)26-12-14-11-17(25-23-14)13-7-3-2-4-8-13/h2-11H,12H2,1H3. The lowest BCUT2D eigenvalue weighted by atomic mass is 10.2. The van der Waals surface area contributed by atoms with E-state index in [4.69, 9.17) is 16.1 Å². The Morgan fingerprint density at radius 2 is 1.81 bits per heavy atom. The zero-order chi connectivity index (χ0) is 17.9. The topological polar surface area (TPSA) is 56.7 Å². The molecule has 4 rings (SSSR count). The first-order valence-corrected chi connectivity index (χ1v) is 9.37. The maximum absolute atomic E-state index is 6.26. The lowest BCUT2D eigenvalue weighted by Crippen LogP contribution is -1.95. The molecule has 2 aromatic heterocycles. The molecule has 0 fully saturated rings. The molecule has 0 amide bonds. The van der Waals surface area contributed by atoms with Crippen LogP contribution >= 0.6 is 23.4 Å². The molecule has 2 aromatic carbocycles. The fourth-order valence-corrected chi connectivity index (χ4v) is 3.59. The Morgan fingerprint density at radius 1 is 1.04 bits per heavy atom. The van der Waals surface area contributed by atoms with Crippen molar-refractivity contribution in [3.05, 3.63) is 71.4 Å². The molecule has 0 saturated carbocycles. The van der Waals surface area contributed by atoms with E-state index in [-0.39, 0.29) is 0 Å². The van der Waals surface area contributed by atoms with Gasteiger partial charge in [-0.25, -0.2) is 0 Å². The molecule has 0 N–H and O–H groups in total. The molecular weight excluding hydrogens is 368 g/mol. The third kappa shape index (κ3) is 3.38. The number of hydrogen-bond donors (Lipinski definition) is 0. The van der Waals surface area contributed by atoms with Gasteiger partial charge >= 0.3 is 0 Å². The Bertz CT molecular complexity index is 1030. The monoisotopic (exact) mass is 382 g/mol. The van der Waals surface area contributed by atoms with E-state index in [9.17, 15) is 0 Å². The number of nitrogens with zero attached hydrogens (tertiary/aromatic N) is 4. The minimum Gasteiger partial charge on any atom is -0.356 e. The summed E-state index contributed by atoms with van der Waals surface area (Å²) in [6.45, 7) is 0. The minimum absolute atomic E-state index is 0.644. The van der Waals surface area contributed by atoms with Crippen molar-refractivity contribution in [2.45, 2.75) is 10.9 Å². The van der Waals surface area contributed by atoms with Crippen molar-refractivity contribution in [2.24, 2.45) is 7.05 Å². The fourth-order valence-electron chi connectivity index (χ4n) is 2.57. The highest BCUT2D eigenvalue weighted by Gasteiger charge is 2.14. The van der Waals surface area contributed by atoms with E-state index in [2.05, 4.69) is 15.4 Å². The van der Waals surface area contributed by atoms with Crippen LogP contribution in [-0.4, -0.2) is 19.9 Å². The molecule has 4 aromatic rings. The molecule has 0 atom stereocenters. The van der Waals surface area contributed by atoms with Crippen molar-refractivity contribution in [2.75, 3.05) is 0 Å². The molecule has 0 unspecified atom stereocenters. The maximum Gasteiger partial charge on any atom is 0.191 e. The fraction of sp³-hybridized carbons (Fsp3) is 0.105. The summed E-state index contributed by atoms with van der Waals surface area (Å²) in [5.74, 6) is 2.14. The predicted octanol–water partition coefficient (Wildman–Crippen LogP) is 5.08. The predicted molar refractivity (Wildman–Crippen MR) is 103 cm³/mol. The van der Waals surface area contributed by atoms with Crippen LogP contribution in [0.15, 0.2) is 70.3 Å². The van der Waals surface area contributed by atoms with Gasteiger partial charge in [0.25, 0.3) is 0 Å². The van der Waals surface area contributed by atoms with Crippen LogP contribution in [0.4, 0.5) is 0 Å². The highest BCUT2D eigenvalue weighted by molar-refractivity contribution is 7.98. The van der Waals surface area contributed by atoms with Crippen molar-refractivity contribution in [1.29, 1.82) is 0 Å². The Balaban J connectivity index is 1.50. The summed E-state index contributed by atoms with van der Waals surface area (Å²) < 4.78 is 7.37. The van der Waals surface area contributed by atoms with Crippen LogP contribution < -0.4 is 0 Å². The maximum atomic E-state index is 6.26. The van der Waals surface area contributed by atoms with Gasteiger partial charge in [0.15, 0.2) is 16.7 Å². The van der Waals surface area contributed by atoms with Crippen LogP contribution in [0, 0.1) is 0 Å². The Kier molecular flexibility index (Phi) is 4.77. The van der Waals surface area contributed by atoms with E-state index < -0.39 is 0 Å². The molecule has 130 valence electrons. The molecular formula is C19H15ClN4OS. The van der Waals surface area contributed by atoms with Gasteiger partial charge in [-0.3, -0.25) is 0 Å². The summed E-state index contributed by atoms with van der Waals surface area (Å²) >= 11 is 7.82. The van der Waals surface area contributed by atoms with Crippen LogP contribution in [0.1, 0.15) is 5.69 Å². The Morgan fingerprint density at radius 3 is 2.62 bits per heavy atom. The SMILES string of the molecule is Cn1c(SCc2cc(-c3ccccc3)on2)nnc1-c1ccccc1Cl. The van der Waals surface area contributed by atoms with E-state index in [0.29, 0.717) is 10.8 Å². The van der Waals surface area contributed by atoms with E-state index in [1.54, 1.807) is 11.8 Å². The molecule has 0 bridgehead atoms. The van der Waals surface area contributed by atoms with Crippen molar-refractivity contribution < 1.29 is 4.52 Å². The van der Waals surface area contributed by atoms with Gasteiger partial charge in [-0.15, -0.1) is 10.2 Å². The zero-order valence-corrected chi connectivity index (χ0v) is 15.5. The van der Waals surface area contributed by atoms with E-state index in [1.165, 1.54) is 0 Å². The normalized spacial score (nSPS) is 11.0. The smallest absolute Gasteiger partial charge is 0.191 e. The average molecular weight is 383 g/mol. The molecule has 0 aliphatic carbocycles. The summed E-state index contributed by atoms with van der Waals surface area (Å²) in [6.07, 6.45) is 0. The zero-order valence-electron chi connectivity index (χ0n) is 14.0. The third-order valence-electron chi connectivity index (χ3n) is 3.92. The van der Waals surface area contributed by atoms with E-state index in [1.807, 2.05) is 72.3 Å². The second-order valence-corrected chi connectivity index (χ2v) is 7.03. The van der Waals surface area contributed by atoms with Gasteiger partial charge in [0.2, 0.25) is 0 Å². The van der Waals surface area contributed by atoms with Crippen LogP contribution in [0.3, 0.4) is 0 Å². The first-order chi connectivity index (χ1) is 12.7. The Hall–Kier alpha value is -2.57. The molecule has 0 radical (unpaired) electrons. The molecule has 0 aliphatic heterocycles. The first-order valence-electron chi connectivity index (χ1n) is 8.00. The second kappa shape index (κ2) is 7.35. The third-order valence-corrected chi connectivity index (χ3v) is 5.30. The number of rotatable bonds is 5. The van der Waals surface area contributed by atoms with Crippen molar-refractivity contribution in [1.82, 2.24) is 19.9 Å². The molecule has 0 aliphatic rings. The summed E-state index contributed by atoms with van der Waals surface area (Å²) in [7, 11) is 1.93. The van der Waals surface area contributed by atoms with Gasteiger partial charge < -0.3 is 9.09 Å². The molecule has 0 saturated heterocycles. The van der Waals surface area contributed by atoms with Crippen LogP contribution in [0.25, 0.3) is 22.7 Å².